The molecule has 0 saturated carbocycles. The van der Waals surface area contributed by atoms with E-state index in [-0.39, 0.29) is 23.7 Å². The summed E-state index contributed by atoms with van der Waals surface area (Å²) in [7, 11) is 0. The molecule has 0 aliphatic rings. The third-order valence-corrected chi connectivity index (χ3v) is 5.87. The van der Waals surface area contributed by atoms with Crippen LogP contribution in [0.2, 0.25) is 0 Å². The first-order chi connectivity index (χ1) is 16.8. The van der Waals surface area contributed by atoms with Gasteiger partial charge >= 0.3 is 6.03 Å². The molecule has 0 spiro atoms. The van der Waals surface area contributed by atoms with Crippen molar-refractivity contribution >= 4 is 51.2 Å². The fourth-order valence-corrected chi connectivity index (χ4v) is 4.11. The van der Waals surface area contributed by atoms with Gasteiger partial charge in [0.15, 0.2) is 0 Å². The molecule has 2 heterocycles. The maximum absolute atomic E-state index is 14.6. The van der Waals surface area contributed by atoms with Crippen molar-refractivity contribution in [1.29, 1.82) is 0 Å². The first-order valence-electron chi connectivity index (χ1n) is 10.3. The van der Waals surface area contributed by atoms with Gasteiger partial charge in [-0.05, 0) is 42.8 Å². The second-order valence-corrected chi connectivity index (χ2v) is 8.37. The van der Waals surface area contributed by atoms with E-state index in [0.717, 1.165) is 23.0 Å². The molecule has 2 aromatic heterocycles. The van der Waals surface area contributed by atoms with Gasteiger partial charge in [-0.25, -0.2) is 13.6 Å². The normalized spacial score (nSPS) is 10.6. The number of carbonyl (C=O) groups excluding carboxylic acids is 3. The van der Waals surface area contributed by atoms with Gasteiger partial charge in [0.05, 0.1) is 33.0 Å². The molecule has 0 fully saturated rings. The number of thiophene rings is 1. The Morgan fingerprint density at radius 2 is 1.83 bits per heavy atom. The van der Waals surface area contributed by atoms with Gasteiger partial charge in [0.2, 0.25) is 0 Å². The quantitative estimate of drug-likeness (QED) is 0.303. The van der Waals surface area contributed by atoms with E-state index < -0.39 is 23.6 Å². The largest absolute Gasteiger partial charge is 0.456 e. The summed E-state index contributed by atoms with van der Waals surface area (Å²) >= 11 is 1.12. The third-order valence-electron chi connectivity index (χ3n) is 4.73. The monoisotopic (exact) mass is 496 g/mol. The molecule has 0 atom stereocenters. The van der Waals surface area contributed by atoms with E-state index in [1.165, 1.54) is 30.5 Å². The number of benzene rings is 2. The molecule has 3 amide bonds. The van der Waals surface area contributed by atoms with Crippen molar-refractivity contribution in [3.05, 3.63) is 76.8 Å². The van der Waals surface area contributed by atoms with Crippen LogP contribution in [-0.2, 0) is 4.79 Å². The standard InChI is InChI=1S/C24H18F2N4O4S/c1-13-2-4-15(25)18(10-13)30-24(33)29-17-5-3-14(11-16(17)26)34-20-6-7-27-19-12-21(35-22(19)20)23(32)28-8-9-31/h2-7,9-12H,8H2,1H3,(H,28,32)(H2,29,30,33). The topological polar surface area (TPSA) is 109 Å². The number of hydrogen-bond acceptors (Lipinski definition) is 6. The number of ether oxygens (including phenoxy) is 1. The molecule has 0 radical (unpaired) electrons. The second kappa shape index (κ2) is 10.3. The minimum absolute atomic E-state index is 0.0280. The van der Waals surface area contributed by atoms with E-state index in [2.05, 4.69) is 20.9 Å². The number of aldehydes is 1. The van der Waals surface area contributed by atoms with Crippen LogP contribution < -0.4 is 20.7 Å². The van der Waals surface area contributed by atoms with Crippen molar-refractivity contribution in [1.82, 2.24) is 10.3 Å². The maximum atomic E-state index is 14.6. The number of pyridine rings is 1. The zero-order chi connectivity index (χ0) is 24.9. The molecular weight excluding hydrogens is 478 g/mol. The summed E-state index contributed by atoms with van der Waals surface area (Å²) in [4.78, 5) is 39.3. The lowest BCUT2D eigenvalue weighted by atomic mass is 10.2. The van der Waals surface area contributed by atoms with Crippen LogP contribution in [0.25, 0.3) is 10.2 Å². The summed E-state index contributed by atoms with van der Waals surface area (Å²) in [6, 6.07) is 10.4. The van der Waals surface area contributed by atoms with Gasteiger partial charge in [0, 0.05) is 18.3 Å². The van der Waals surface area contributed by atoms with Gasteiger partial charge in [-0.3, -0.25) is 9.78 Å². The van der Waals surface area contributed by atoms with E-state index >= 15 is 0 Å². The van der Waals surface area contributed by atoms with E-state index in [1.54, 1.807) is 25.1 Å². The van der Waals surface area contributed by atoms with Crippen LogP contribution >= 0.6 is 11.3 Å². The highest BCUT2D eigenvalue weighted by atomic mass is 32.1. The lowest BCUT2D eigenvalue weighted by Gasteiger charge is -2.11. The molecule has 4 rings (SSSR count). The van der Waals surface area contributed by atoms with E-state index in [0.29, 0.717) is 27.1 Å². The summed E-state index contributed by atoms with van der Waals surface area (Å²) in [5, 5.41) is 7.13. The van der Waals surface area contributed by atoms with Crippen molar-refractivity contribution in [2.24, 2.45) is 0 Å². The van der Waals surface area contributed by atoms with Crippen molar-refractivity contribution < 1.29 is 27.9 Å². The lowest BCUT2D eigenvalue weighted by Crippen LogP contribution is -2.24. The molecule has 178 valence electrons. The third kappa shape index (κ3) is 5.58. The SMILES string of the molecule is Cc1ccc(F)c(NC(=O)Nc2ccc(Oc3ccnc4cc(C(=O)NCC=O)sc34)cc2F)c1. The number of fused-ring (bicyclic) bond motifs is 1. The number of rotatable bonds is 7. The molecule has 8 nitrogen and oxygen atoms in total. The van der Waals surface area contributed by atoms with Crippen LogP contribution in [0, 0.1) is 18.6 Å². The van der Waals surface area contributed by atoms with Gasteiger partial charge in [-0.1, -0.05) is 6.07 Å². The summed E-state index contributed by atoms with van der Waals surface area (Å²) in [5.74, 6) is -1.31. The summed E-state index contributed by atoms with van der Waals surface area (Å²) < 4.78 is 34.9. The number of anilines is 2. The fourth-order valence-electron chi connectivity index (χ4n) is 3.13. The average molecular weight is 496 g/mol. The Morgan fingerprint density at radius 1 is 1.03 bits per heavy atom. The fraction of sp³-hybridized carbons (Fsp3) is 0.0833. The van der Waals surface area contributed by atoms with Gasteiger partial charge < -0.3 is 25.5 Å². The predicted octanol–water partition coefficient (Wildman–Crippen LogP) is 5.25. The number of aryl methyl sites for hydroxylation is 1. The number of nitrogens with one attached hydrogen (secondary N) is 3. The minimum atomic E-state index is -0.808. The molecule has 4 aromatic rings. The molecule has 3 N–H and O–H groups in total. The van der Waals surface area contributed by atoms with Gasteiger partial charge in [0.1, 0.15) is 29.4 Å². The second-order valence-electron chi connectivity index (χ2n) is 7.32. The molecule has 35 heavy (non-hydrogen) atoms. The number of halogens is 2. The zero-order valence-electron chi connectivity index (χ0n) is 18.2. The van der Waals surface area contributed by atoms with Crippen LogP contribution in [0.15, 0.2) is 54.7 Å². The van der Waals surface area contributed by atoms with Crippen molar-refractivity contribution in [3.8, 4) is 11.5 Å². The van der Waals surface area contributed by atoms with Gasteiger partial charge in [-0.2, -0.15) is 0 Å². The smallest absolute Gasteiger partial charge is 0.323 e. The van der Waals surface area contributed by atoms with Gasteiger partial charge in [-0.15, -0.1) is 11.3 Å². The Hall–Kier alpha value is -4.38. The van der Waals surface area contributed by atoms with E-state index in [9.17, 15) is 23.2 Å². The lowest BCUT2D eigenvalue weighted by molar-refractivity contribution is -0.107. The number of urea groups is 1. The molecule has 0 saturated heterocycles. The Labute approximate surface area is 201 Å². The minimum Gasteiger partial charge on any atom is -0.456 e. The molecule has 11 heteroatoms. The van der Waals surface area contributed by atoms with E-state index in [4.69, 9.17) is 4.74 Å². The highest BCUT2D eigenvalue weighted by Gasteiger charge is 2.15. The Morgan fingerprint density at radius 3 is 2.60 bits per heavy atom. The van der Waals surface area contributed by atoms with Crippen LogP contribution in [0.5, 0.6) is 11.5 Å². The maximum Gasteiger partial charge on any atom is 0.323 e. The Bertz CT molecular complexity index is 1440. The Balaban J connectivity index is 1.48. The van der Waals surface area contributed by atoms with Crippen LogP contribution in [0.3, 0.4) is 0 Å². The molecular formula is C24H18F2N4O4S. The summed E-state index contributed by atoms with van der Waals surface area (Å²) in [6.07, 6.45) is 2.06. The Kier molecular flexibility index (Phi) is 6.97. The number of aromatic nitrogens is 1. The first-order valence-corrected chi connectivity index (χ1v) is 11.1. The molecule has 0 unspecified atom stereocenters. The van der Waals surface area contributed by atoms with E-state index in [1.807, 2.05) is 0 Å². The molecule has 2 aromatic carbocycles. The molecule has 0 bridgehead atoms. The van der Waals surface area contributed by atoms with Gasteiger partial charge in [0.25, 0.3) is 5.91 Å². The number of nitrogens with zero attached hydrogens (tertiary/aromatic N) is 1. The summed E-state index contributed by atoms with van der Waals surface area (Å²) in [6.45, 7) is 1.64. The number of carbonyl (C=O) groups is 3. The highest BCUT2D eigenvalue weighted by Crippen LogP contribution is 2.35. The van der Waals surface area contributed by atoms with Crippen molar-refractivity contribution in [3.63, 3.8) is 0 Å². The van der Waals surface area contributed by atoms with Crippen molar-refractivity contribution in [2.45, 2.75) is 6.92 Å². The predicted molar refractivity (Wildman–Crippen MR) is 128 cm³/mol. The summed E-state index contributed by atoms with van der Waals surface area (Å²) in [5.41, 5.74) is 1.09. The van der Waals surface area contributed by atoms with Crippen molar-refractivity contribution in [2.75, 3.05) is 17.2 Å². The first kappa shape index (κ1) is 23.8. The van der Waals surface area contributed by atoms with Crippen LogP contribution in [0.1, 0.15) is 15.2 Å². The molecule has 0 aliphatic heterocycles. The zero-order valence-corrected chi connectivity index (χ0v) is 19.0. The number of hydrogen-bond donors (Lipinski definition) is 3. The molecule has 0 aliphatic carbocycles. The highest BCUT2D eigenvalue weighted by molar-refractivity contribution is 7.21. The van der Waals surface area contributed by atoms with Crippen LogP contribution in [0.4, 0.5) is 25.0 Å². The average Bonchev–Trinajstić information content (AvgIpc) is 3.27. The van der Waals surface area contributed by atoms with Crippen LogP contribution in [-0.4, -0.2) is 29.8 Å². The number of amides is 3.